The van der Waals surface area contributed by atoms with Crippen molar-refractivity contribution >= 4 is 141 Å². The van der Waals surface area contributed by atoms with Gasteiger partial charge in [-0.15, -0.1) is 0 Å². The Kier molecular flexibility index (Phi) is 40.8. The third-order valence-corrected chi connectivity index (χ3v) is 22.6. The van der Waals surface area contributed by atoms with E-state index in [2.05, 4.69) is 42.5 Å². The lowest BCUT2D eigenvalue weighted by Crippen LogP contribution is -2.68. The maximum atomic E-state index is 13.3. The number of fused-ring (bicyclic) bond motifs is 16. The van der Waals surface area contributed by atoms with Crippen LogP contribution in [-0.4, -0.2) is 451 Å². The predicted molar refractivity (Wildman–Crippen MR) is 447 cm³/mol. The van der Waals surface area contributed by atoms with Crippen LogP contribution >= 0.6 is 48.9 Å². The number of hydrogen-bond donors (Lipinski definition) is 20. The molecule has 56 nitrogen and oxygen atoms in total. The summed E-state index contributed by atoms with van der Waals surface area (Å²) in [6.45, 7) is 5.72. The largest absolute Gasteiger partial charge is 0.456 e. The van der Waals surface area contributed by atoms with Crippen molar-refractivity contribution in [2.24, 2.45) is 0 Å². The van der Waals surface area contributed by atoms with Crippen molar-refractivity contribution in [2.75, 3.05) is 52.4 Å². The topological polar surface area (TPSA) is 765 Å². The Morgan fingerprint density at radius 3 is 0.463 bits per heavy atom. The lowest BCUT2D eigenvalue weighted by atomic mass is 9.96. The van der Waals surface area contributed by atoms with Gasteiger partial charge in [0.05, 0.1) is 0 Å². The van der Waals surface area contributed by atoms with Gasteiger partial charge in [0.2, 0.25) is 25.2 Å². The van der Waals surface area contributed by atoms with Crippen molar-refractivity contribution in [3.63, 3.8) is 0 Å². The van der Waals surface area contributed by atoms with E-state index in [0.29, 0.717) is 0 Å². The molecule has 0 unspecified atom stereocenters. The third-order valence-electron chi connectivity index (χ3n) is 21.4. The molecule has 9 aliphatic heterocycles. The van der Waals surface area contributed by atoms with Gasteiger partial charge in [0.1, 0.15) is 122 Å². The molecule has 0 aromatic heterocycles. The van der Waals surface area contributed by atoms with Crippen LogP contribution < -0.4 is 42.5 Å². The van der Waals surface area contributed by atoms with E-state index in [4.69, 9.17) is 163 Å². The molecule has 9 saturated heterocycles. The highest BCUT2D eigenvalue weighted by atomic mass is 32.1. The minimum absolute atomic E-state index is 0.333. The van der Waals surface area contributed by atoms with Gasteiger partial charge in [0, 0.05) is 135 Å². The van der Waals surface area contributed by atoms with Gasteiger partial charge in [0.15, 0.2) is 119 Å². The van der Waals surface area contributed by atoms with E-state index in [-0.39, 0.29) is 5.11 Å². The number of rotatable bonds is 12. The second-order valence-corrected chi connectivity index (χ2v) is 33.7. The summed E-state index contributed by atoms with van der Waals surface area (Å²) in [6, 6.07) is 0. The molecule has 40 atom stereocenters. The maximum absolute atomic E-state index is 13.3. The molecule has 0 spiro atoms. The molecule has 0 aliphatic carbocycles. The van der Waals surface area contributed by atoms with E-state index >= 15 is 0 Å². The molecule has 0 saturated carbocycles. The van der Waals surface area contributed by atoms with Gasteiger partial charge in [-0.05, 0) is 48.9 Å². The Labute approximate surface area is 793 Å². The number of thiocarbonyl (C=S) groups is 4. The number of esters is 12. The number of carbonyl (C=O) groups excluding carboxylic acids is 12. The summed E-state index contributed by atoms with van der Waals surface area (Å²) in [4.78, 5) is 159. The number of nitrogens with one attached hydrogen (secondary N) is 8. The second-order valence-electron chi connectivity index (χ2n) is 32.0. The quantitative estimate of drug-likeness (QED) is 0.0490. The molecule has 9 heterocycles. The molecular weight excluding hydrogens is 1920 g/mol. The standard InChI is InChI=1S/C76H112N8O48S4/c1-21(85)109-53-37-17-81-74(134)79-15-35-43(99)47(103)51(107)67(123-35)129-65-49(105)45(101)41(97)33(121-65)13-77-73(133)78-14-34-42(98)46(102)50(106)66(122-34)130-68-52(108)48(104)44(100)36(124-68)16-80-75(135)82-18-38-54(110-22(2)86)58(114-26(6)90)62(118-30(10)94)70(126-38)132-72-64(120-32(12)96)60(116-28(8)92)56(112-24(4)88)40(128-72)20-84-76(136)83-19-39-55(111-23(3)87)59(115-27(7)91)63(119-31(11)95)71(127-39)131-69(125-37)61(117-29(9)93)57(53)113-25(5)89/h33-72,97-108H,13-20H2,1-12H3,(H2,77,78,133)(H2,79,81,134)(H2,80,82,135)(H2,83,84,136)/t33-,34-,35-,36-,37-,38-,39-,40-,41-,42-,43-,44-,45+,46+,47+,48+,49-,50-,51-,52-,53-,54-,55-,56-,57+,58+,59+,60+,61-,62-,63-,64-,65-,66-,67-,68-,69-,70-,71-,72-/m1/s1. The van der Waals surface area contributed by atoms with Gasteiger partial charge in [-0.2, -0.15) is 0 Å². The molecule has 0 aromatic carbocycles. The highest BCUT2D eigenvalue weighted by molar-refractivity contribution is 7.80. The van der Waals surface area contributed by atoms with Crippen molar-refractivity contribution < 1.29 is 232 Å². The molecule has 9 fully saturated rings. The Balaban J connectivity index is 1.08. The van der Waals surface area contributed by atoms with Gasteiger partial charge in [-0.3, -0.25) is 57.5 Å². The zero-order valence-corrected chi connectivity index (χ0v) is 77.7. The monoisotopic (exact) mass is 2030 g/mol. The lowest BCUT2D eigenvalue weighted by molar-refractivity contribution is -0.373. The third kappa shape index (κ3) is 29.8. The fourth-order valence-electron chi connectivity index (χ4n) is 15.6. The summed E-state index contributed by atoms with van der Waals surface area (Å²) < 4.78 is 142. The Morgan fingerprint density at radius 2 is 0.309 bits per heavy atom. The van der Waals surface area contributed by atoms with Crippen LogP contribution in [0.5, 0.6) is 0 Å². The average Bonchev–Trinajstić information content (AvgIpc) is 0.765. The van der Waals surface area contributed by atoms with E-state index in [1.54, 1.807) is 0 Å². The Morgan fingerprint density at radius 1 is 0.184 bits per heavy atom. The van der Waals surface area contributed by atoms with Crippen molar-refractivity contribution in [1.82, 2.24) is 42.5 Å². The summed E-state index contributed by atoms with van der Waals surface area (Å²) in [5.41, 5.74) is 0. The zero-order chi connectivity index (χ0) is 101. The van der Waals surface area contributed by atoms with Crippen molar-refractivity contribution in [1.29, 1.82) is 0 Å². The minimum Gasteiger partial charge on any atom is -0.456 e. The van der Waals surface area contributed by atoms with E-state index in [1.165, 1.54) is 0 Å². The number of aliphatic hydroxyl groups is 12. The first kappa shape index (κ1) is 111. The molecule has 0 aromatic rings. The summed E-state index contributed by atoms with van der Waals surface area (Å²) in [5, 5.41) is 154. The van der Waals surface area contributed by atoms with E-state index < -0.39 is 385 Å². The predicted octanol–water partition coefficient (Wildman–Crippen LogP) is -12.8. The molecule has 20 N–H and O–H groups in total. The van der Waals surface area contributed by atoms with Crippen molar-refractivity contribution in [2.45, 2.75) is 329 Å². The zero-order valence-electron chi connectivity index (χ0n) is 74.4. The first-order chi connectivity index (χ1) is 63.9. The summed E-state index contributed by atoms with van der Waals surface area (Å²) in [7, 11) is 0. The number of ether oxygens (including phenoxy) is 24. The van der Waals surface area contributed by atoms with Crippen LogP contribution in [0.25, 0.3) is 0 Å². The van der Waals surface area contributed by atoms with Crippen LogP contribution in [0.3, 0.4) is 0 Å². The molecule has 0 radical (unpaired) electrons. The first-order valence-corrected chi connectivity index (χ1v) is 43.7. The van der Waals surface area contributed by atoms with Gasteiger partial charge in [-0.1, -0.05) is 0 Å². The van der Waals surface area contributed by atoms with Crippen LogP contribution in [0.4, 0.5) is 0 Å². The molecule has 60 heteroatoms. The fourth-order valence-corrected chi connectivity index (χ4v) is 16.3. The van der Waals surface area contributed by atoms with E-state index in [9.17, 15) is 119 Å². The number of carbonyl (C=O) groups is 12. The maximum Gasteiger partial charge on any atom is 0.303 e. The summed E-state index contributed by atoms with van der Waals surface area (Å²) in [5.74, 6) is -13.3. The number of aliphatic hydroxyl groups excluding tert-OH is 12. The van der Waals surface area contributed by atoms with Crippen LogP contribution in [0.15, 0.2) is 0 Å². The normalized spacial score (nSPS) is 40.4. The second kappa shape index (κ2) is 50.0. The van der Waals surface area contributed by atoms with Crippen molar-refractivity contribution in [3.8, 4) is 0 Å². The molecule has 9 rings (SSSR count). The first-order valence-electron chi connectivity index (χ1n) is 42.1. The van der Waals surface area contributed by atoms with Gasteiger partial charge >= 0.3 is 71.6 Å². The van der Waals surface area contributed by atoms with Crippen LogP contribution in [-0.2, 0) is 171 Å². The molecule has 768 valence electrons. The molecule has 16 bridgehead atoms. The summed E-state index contributed by atoms with van der Waals surface area (Å²) >= 11 is 22.4. The average molecular weight is 2030 g/mol. The van der Waals surface area contributed by atoms with Crippen molar-refractivity contribution in [3.05, 3.63) is 0 Å². The molecule has 0 amide bonds. The molecule has 136 heavy (non-hydrogen) atoms. The fraction of sp³-hybridized carbons (Fsp3) is 0.789. The van der Waals surface area contributed by atoms with Gasteiger partial charge < -0.3 is 217 Å². The number of hydrogen-bond acceptors (Lipinski definition) is 52. The molecule has 9 aliphatic rings. The Hall–Kier alpha value is -8.56. The van der Waals surface area contributed by atoms with Crippen LogP contribution in [0.1, 0.15) is 83.1 Å². The van der Waals surface area contributed by atoms with E-state index in [0.717, 1.165) is 83.1 Å². The highest BCUT2D eigenvalue weighted by Crippen LogP contribution is 2.40. The smallest absolute Gasteiger partial charge is 0.303 e. The van der Waals surface area contributed by atoms with E-state index in [1.807, 2.05) is 0 Å². The highest BCUT2D eigenvalue weighted by Gasteiger charge is 2.62. The van der Waals surface area contributed by atoms with Crippen LogP contribution in [0.2, 0.25) is 0 Å². The Bertz CT molecular complexity index is 3970. The SMILES string of the molecule is CC(=O)O[C@@H]1[C@@H](OC(C)=O)[C@H]2O[C@H]3O[C@H](CNC(=S)NC[C@H]4O[C@H](O[C@H]5O[C@H](CNC(=S)NC[C@H]6O[C@H](O[C@H]7O[C@H](CNC(=S)NC[C@H]8O[C@H](O[C@H]9O[C@H](CNC(=S)NC[C@@H](O2)[C@H]1OC(C)=O)[C@@H](O)[C@H](O)[C@H]9O)[C@H](O)[C@@H](O)[C@@H]8O)[C@@H](O)[C@H](O)[C@H]7O)[C@H](O)[C@@H](O)[C@@H]6O)[C@@H](OC(C)=O)[C@H](OC(C)=O)[C@H]5OC(C)=O)[C@H](OC(C)=O)[C@@H](OC(C)=O)[C@@H]4OC(C)=O)[C@@H](OC(C)=O)[C@H](OC(C)=O)[C@H]3OC(C)=O. The summed E-state index contributed by atoms with van der Waals surface area (Å²) in [6.07, 6.45) is -79.0. The van der Waals surface area contributed by atoms with Crippen LogP contribution in [0, 0.1) is 0 Å². The minimum atomic E-state index is -2.21. The lowest BCUT2D eigenvalue weighted by Gasteiger charge is -2.48. The van der Waals surface area contributed by atoms with Gasteiger partial charge in [-0.25, -0.2) is 0 Å². The van der Waals surface area contributed by atoms with Gasteiger partial charge in [0.25, 0.3) is 0 Å². The molecular formula is C76H112N8O48S4.